The largest absolute Gasteiger partial charge is 0.505 e. The van der Waals surface area contributed by atoms with Crippen molar-refractivity contribution in [1.29, 1.82) is 0 Å². The molecule has 0 radical (unpaired) electrons. The van der Waals surface area contributed by atoms with Crippen molar-refractivity contribution in [2.45, 2.75) is 26.7 Å². The van der Waals surface area contributed by atoms with E-state index in [2.05, 4.69) is 10.3 Å². The molecule has 1 amide bonds. The maximum absolute atomic E-state index is 13.3. The third kappa shape index (κ3) is 3.60. The number of aryl methyl sites for hydroxylation is 2. The lowest BCUT2D eigenvalue weighted by atomic mass is 10.0. The average molecular weight is 383 g/mol. The summed E-state index contributed by atoms with van der Waals surface area (Å²) in [5, 5.41) is 13.1. The Morgan fingerprint density at radius 1 is 1.32 bits per heavy atom. The highest BCUT2D eigenvalue weighted by Crippen LogP contribution is 2.26. The van der Waals surface area contributed by atoms with Crippen LogP contribution in [0.2, 0.25) is 0 Å². The van der Waals surface area contributed by atoms with Crippen LogP contribution in [0.5, 0.6) is 5.75 Å². The molecule has 2 aromatic heterocycles. The number of nitrogens with one attached hydrogen (secondary N) is 1. The number of benzene rings is 1. The number of carbonyl (C=O) groups is 1. The van der Waals surface area contributed by atoms with Gasteiger partial charge in [0.05, 0.1) is 5.52 Å². The number of nitrogens with zero attached hydrogens (tertiary/aromatic N) is 2. The van der Waals surface area contributed by atoms with E-state index in [9.17, 15) is 19.1 Å². The Balaban J connectivity index is 2.06. The van der Waals surface area contributed by atoms with Crippen LogP contribution in [0, 0.1) is 12.7 Å². The van der Waals surface area contributed by atoms with Gasteiger partial charge >= 0.3 is 0 Å². The Bertz CT molecular complexity index is 1120. The smallest absolute Gasteiger partial charge is 0.267 e. The molecule has 1 aromatic carbocycles. The zero-order chi connectivity index (χ0) is 20.4. The standard InChI is InChI=1S/C21H22FN3O3/c1-4-7-23-20(27)17-19(26)18-16(25(3)21(17)28)10-13(11-24-18)9-14-5-6-15(22)8-12(14)2/h5-6,8,10-11,26H,4,7,9H2,1-3H3,(H,23,27). The van der Waals surface area contributed by atoms with Crippen molar-refractivity contribution < 1.29 is 14.3 Å². The van der Waals surface area contributed by atoms with Gasteiger partial charge in [0.25, 0.3) is 11.5 Å². The quantitative estimate of drug-likeness (QED) is 0.710. The average Bonchev–Trinajstić information content (AvgIpc) is 2.67. The van der Waals surface area contributed by atoms with Crippen molar-refractivity contribution >= 4 is 16.9 Å². The Kier molecular flexibility index (Phi) is 5.44. The van der Waals surface area contributed by atoms with Gasteiger partial charge in [-0.25, -0.2) is 4.39 Å². The summed E-state index contributed by atoms with van der Waals surface area (Å²) in [7, 11) is 1.54. The first kappa shape index (κ1) is 19.5. The molecule has 0 aliphatic carbocycles. The Morgan fingerprint density at radius 2 is 2.07 bits per heavy atom. The first-order valence-corrected chi connectivity index (χ1v) is 9.07. The van der Waals surface area contributed by atoms with Crippen molar-refractivity contribution in [3.05, 3.63) is 68.9 Å². The fourth-order valence-corrected chi connectivity index (χ4v) is 3.14. The van der Waals surface area contributed by atoms with E-state index in [4.69, 9.17) is 0 Å². The predicted molar refractivity (Wildman–Crippen MR) is 105 cm³/mol. The lowest BCUT2D eigenvalue weighted by Gasteiger charge is -2.13. The van der Waals surface area contributed by atoms with Crippen LogP contribution in [0.4, 0.5) is 4.39 Å². The molecule has 0 aliphatic heterocycles. The van der Waals surface area contributed by atoms with Gasteiger partial charge in [-0.15, -0.1) is 0 Å². The summed E-state index contributed by atoms with van der Waals surface area (Å²) in [6.07, 6.45) is 2.80. The monoisotopic (exact) mass is 383 g/mol. The number of halogens is 1. The van der Waals surface area contributed by atoms with Crippen molar-refractivity contribution in [2.24, 2.45) is 7.05 Å². The lowest BCUT2D eigenvalue weighted by molar-refractivity contribution is 0.0949. The minimum absolute atomic E-state index is 0.184. The molecule has 146 valence electrons. The highest BCUT2D eigenvalue weighted by atomic mass is 19.1. The Labute approximate surface area is 161 Å². The Hall–Kier alpha value is -3.22. The molecule has 28 heavy (non-hydrogen) atoms. The van der Waals surface area contributed by atoms with E-state index < -0.39 is 17.2 Å². The summed E-state index contributed by atoms with van der Waals surface area (Å²) in [4.78, 5) is 29.2. The van der Waals surface area contributed by atoms with Crippen LogP contribution in [0.3, 0.4) is 0 Å². The molecule has 0 fully saturated rings. The highest BCUT2D eigenvalue weighted by Gasteiger charge is 2.22. The van der Waals surface area contributed by atoms with Gasteiger partial charge in [0.2, 0.25) is 0 Å². The van der Waals surface area contributed by atoms with E-state index >= 15 is 0 Å². The molecule has 0 atom stereocenters. The van der Waals surface area contributed by atoms with Crippen LogP contribution in [-0.4, -0.2) is 27.1 Å². The summed E-state index contributed by atoms with van der Waals surface area (Å²) >= 11 is 0. The van der Waals surface area contributed by atoms with Gasteiger partial charge in [0, 0.05) is 19.8 Å². The van der Waals surface area contributed by atoms with E-state index in [0.29, 0.717) is 24.9 Å². The zero-order valence-electron chi connectivity index (χ0n) is 16.0. The first-order valence-electron chi connectivity index (χ1n) is 9.07. The van der Waals surface area contributed by atoms with Crippen molar-refractivity contribution in [3.63, 3.8) is 0 Å². The SMILES string of the molecule is CCCNC(=O)c1c(O)c2ncc(Cc3ccc(F)cc3C)cc2n(C)c1=O. The predicted octanol–water partition coefficient (Wildman–Crippen LogP) is 2.82. The topological polar surface area (TPSA) is 84.2 Å². The number of amides is 1. The van der Waals surface area contributed by atoms with Crippen LogP contribution >= 0.6 is 0 Å². The number of fused-ring (bicyclic) bond motifs is 1. The maximum Gasteiger partial charge on any atom is 0.267 e. The molecule has 0 unspecified atom stereocenters. The number of aromatic hydroxyl groups is 1. The van der Waals surface area contributed by atoms with Gasteiger partial charge in [-0.05, 0) is 54.7 Å². The molecular weight excluding hydrogens is 361 g/mol. The summed E-state index contributed by atoms with van der Waals surface area (Å²) < 4.78 is 14.6. The molecule has 0 bridgehead atoms. The molecular formula is C21H22FN3O3. The molecule has 0 saturated carbocycles. The van der Waals surface area contributed by atoms with Crippen molar-refractivity contribution in [1.82, 2.24) is 14.9 Å². The molecule has 0 aliphatic rings. The molecule has 0 saturated heterocycles. The van der Waals surface area contributed by atoms with E-state index in [-0.39, 0.29) is 16.9 Å². The summed E-state index contributed by atoms with van der Waals surface area (Å²) in [5.74, 6) is -1.33. The van der Waals surface area contributed by atoms with Crippen molar-refractivity contribution in [3.8, 4) is 5.75 Å². The second-order valence-corrected chi connectivity index (χ2v) is 6.80. The third-order valence-corrected chi connectivity index (χ3v) is 4.73. The van der Waals surface area contributed by atoms with E-state index in [1.807, 2.05) is 13.8 Å². The minimum atomic E-state index is -0.616. The zero-order valence-corrected chi connectivity index (χ0v) is 16.0. The van der Waals surface area contributed by atoms with Gasteiger partial charge in [-0.3, -0.25) is 14.6 Å². The number of aromatic nitrogens is 2. The van der Waals surface area contributed by atoms with Gasteiger partial charge in [-0.2, -0.15) is 0 Å². The highest BCUT2D eigenvalue weighted by molar-refractivity contribution is 6.01. The molecule has 7 heteroatoms. The first-order chi connectivity index (χ1) is 13.3. The molecule has 3 aromatic rings. The number of hydrogen-bond donors (Lipinski definition) is 2. The second-order valence-electron chi connectivity index (χ2n) is 6.80. The second kappa shape index (κ2) is 7.80. The van der Waals surface area contributed by atoms with E-state index in [0.717, 1.165) is 16.7 Å². The van der Waals surface area contributed by atoms with Crippen LogP contribution in [0.1, 0.15) is 40.4 Å². The molecule has 2 heterocycles. The van der Waals surface area contributed by atoms with Crippen LogP contribution < -0.4 is 10.9 Å². The van der Waals surface area contributed by atoms with Crippen LogP contribution in [0.15, 0.2) is 35.3 Å². The van der Waals surface area contributed by atoms with E-state index in [1.165, 1.54) is 23.7 Å². The van der Waals surface area contributed by atoms with Gasteiger partial charge in [-0.1, -0.05) is 13.0 Å². The number of pyridine rings is 2. The lowest BCUT2D eigenvalue weighted by Crippen LogP contribution is -2.33. The third-order valence-electron chi connectivity index (χ3n) is 4.73. The van der Waals surface area contributed by atoms with Crippen LogP contribution in [-0.2, 0) is 13.5 Å². The van der Waals surface area contributed by atoms with Crippen LogP contribution in [0.25, 0.3) is 11.0 Å². The molecule has 2 N–H and O–H groups in total. The van der Waals surface area contributed by atoms with Gasteiger partial charge in [0.1, 0.15) is 16.9 Å². The minimum Gasteiger partial charge on any atom is -0.505 e. The maximum atomic E-state index is 13.3. The number of hydrogen-bond acceptors (Lipinski definition) is 4. The van der Waals surface area contributed by atoms with Gasteiger partial charge in [0.15, 0.2) is 5.75 Å². The summed E-state index contributed by atoms with van der Waals surface area (Å²) in [6.45, 7) is 4.13. The molecule has 3 rings (SSSR count). The molecule has 6 nitrogen and oxygen atoms in total. The summed E-state index contributed by atoms with van der Waals surface area (Å²) in [6, 6.07) is 6.33. The van der Waals surface area contributed by atoms with Gasteiger partial charge < -0.3 is 15.0 Å². The van der Waals surface area contributed by atoms with E-state index in [1.54, 1.807) is 18.3 Å². The summed E-state index contributed by atoms with van der Waals surface area (Å²) in [5.41, 5.74) is 2.27. The molecule has 0 spiro atoms. The fraction of sp³-hybridized carbons (Fsp3) is 0.286. The normalized spacial score (nSPS) is 11.0. The Morgan fingerprint density at radius 3 is 2.75 bits per heavy atom. The number of rotatable bonds is 5. The number of carbonyl (C=O) groups excluding carboxylic acids is 1. The van der Waals surface area contributed by atoms with Crippen molar-refractivity contribution in [2.75, 3.05) is 6.54 Å². The fourth-order valence-electron chi connectivity index (χ4n) is 3.14.